The van der Waals surface area contributed by atoms with Gasteiger partial charge in [-0.25, -0.2) is 0 Å². The van der Waals surface area contributed by atoms with Crippen molar-refractivity contribution in [3.63, 3.8) is 0 Å². The second kappa shape index (κ2) is 4.35. The molecule has 0 unspecified atom stereocenters. The summed E-state index contributed by atoms with van der Waals surface area (Å²) in [5.74, 6) is 0. The number of nitrogens with two attached hydrogens (primary N) is 1. The van der Waals surface area contributed by atoms with Gasteiger partial charge in [0.15, 0.2) is 0 Å². The van der Waals surface area contributed by atoms with Crippen molar-refractivity contribution in [3.8, 4) is 0 Å². The smallest absolute Gasteiger partial charge is 0.0672 e. The third kappa shape index (κ3) is 1.93. The number of hydrogen-bond donors (Lipinski definition) is 1. The van der Waals surface area contributed by atoms with Gasteiger partial charge in [0.05, 0.1) is 5.69 Å². The lowest BCUT2D eigenvalue weighted by Crippen LogP contribution is -2.11. The van der Waals surface area contributed by atoms with Crippen LogP contribution < -0.4 is 5.73 Å². The van der Waals surface area contributed by atoms with Crippen molar-refractivity contribution in [3.05, 3.63) is 17.0 Å². The zero-order valence-corrected chi connectivity index (χ0v) is 9.79. The summed E-state index contributed by atoms with van der Waals surface area (Å²) in [6.45, 7) is 5.11. The van der Waals surface area contributed by atoms with E-state index in [4.69, 9.17) is 10.8 Å². The van der Waals surface area contributed by atoms with Gasteiger partial charge in [0.25, 0.3) is 0 Å². The summed E-state index contributed by atoms with van der Waals surface area (Å²) in [6.07, 6.45) is 5.96. The molecule has 0 bridgehead atoms. The normalized spacial score (nSPS) is 15.7. The molecule has 0 amide bonds. The van der Waals surface area contributed by atoms with Crippen molar-refractivity contribution in [2.45, 2.75) is 52.0 Å². The van der Waals surface area contributed by atoms with Crippen LogP contribution in [0, 0.1) is 0 Å². The molecule has 0 saturated heterocycles. The highest BCUT2D eigenvalue weighted by Gasteiger charge is 2.20. The van der Waals surface area contributed by atoms with Crippen LogP contribution in [-0.2, 0) is 19.3 Å². The molecule has 1 aliphatic carbocycles. The van der Waals surface area contributed by atoms with Crippen LogP contribution in [0.25, 0.3) is 0 Å². The summed E-state index contributed by atoms with van der Waals surface area (Å²) in [5.41, 5.74) is 9.85. The van der Waals surface area contributed by atoms with Crippen LogP contribution in [-0.4, -0.2) is 16.3 Å². The minimum absolute atomic E-state index is 0.475. The summed E-state index contributed by atoms with van der Waals surface area (Å²) in [5, 5.41) is 4.72. The number of aromatic nitrogens is 2. The Kier molecular flexibility index (Phi) is 3.10. The van der Waals surface area contributed by atoms with E-state index in [9.17, 15) is 0 Å². The Morgan fingerprint density at radius 2 is 2.07 bits per heavy atom. The third-order valence-electron chi connectivity index (χ3n) is 3.16. The zero-order chi connectivity index (χ0) is 10.8. The largest absolute Gasteiger partial charge is 0.330 e. The van der Waals surface area contributed by atoms with Gasteiger partial charge in [-0.15, -0.1) is 0 Å². The molecule has 1 aliphatic rings. The highest BCUT2D eigenvalue weighted by molar-refractivity contribution is 5.29. The predicted octanol–water partition coefficient (Wildman–Crippen LogP) is 1.84. The molecular formula is C12H21N3. The quantitative estimate of drug-likeness (QED) is 0.822. The molecule has 3 nitrogen and oxygen atoms in total. The van der Waals surface area contributed by atoms with Crippen LogP contribution in [0.15, 0.2) is 0 Å². The maximum absolute atomic E-state index is 5.63. The van der Waals surface area contributed by atoms with E-state index in [0.717, 1.165) is 6.42 Å². The van der Waals surface area contributed by atoms with Gasteiger partial charge in [-0.2, -0.15) is 5.10 Å². The lowest BCUT2D eigenvalue weighted by Gasteiger charge is -2.16. The van der Waals surface area contributed by atoms with Crippen molar-refractivity contribution >= 4 is 0 Å². The topological polar surface area (TPSA) is 43.8 Å². The molecule has 1 aromatic rings. The van der Waals surface area contributed by atoms with Crippen molar-refractivity contribution in [1.29, 1.82) is 0 Å². The molecule has 1 heterocycles. The van der Waals surface area contributed by atoms with E-state index in [2.05, 4.69) is 18.5 Å². The summed E-state index contributed by atoms with van der Waals surface area (Å²) in [4.78, 5) is 0. The van der Waals surface area contributed by atoms with E-state index in [0.29, 0.717) is 12.6 Å². The average molecular weight is 207 g/mol. The Morgan fingerprint density at radius 3 is 2.73 bits per heavy atom. The van der Waals surface area contributed by atoms with Crippen molar-refractivity contribution in [1.82, 2.24) is 9.78 Å². The molecule has 0 aromatic carbocycles. The molecule has 0 fully saturated rings. The fourth-order valence-electron chi connectivity index (χ4n) is 2.47. The first kappa shape index (κ1) is 10.7. The van der Waals surface area contributed by atoms with E-state index in [1.165, 1.54) is 42.6 Å². The lowest BCUT2D eigenvalue weighted by atomic mass is 9.95. The third-order valence-corrected chi connectivity index (χ3v) is 3.16. The van der Waals surface area contributed by atoms with Crippen LogP contribution in [0.5, 0.6) is 0 Å². The lowest BCUT2D eigenvalue weighted by molar-refractivity contribution is 0.492. The van der Waals surface area contributed by atoms with E-state index < -0.39 is 0 Å². The van der Waals surface area contributed by atoms with Crippen LogP contribution in [0.4, 0.5) is 0 Å². The highest BCUT2D eigenvalue weighted by atomic mass is 15.3. The van der Waals surface area contributed by atoms with E-state index in [-0.39, 0.29) is 0 Å². The van der Waals surface area contributed by atoms with Crippen molar-refractivity contribution in [2.24, 2.45) is 5.73 Å². The molecule has 15 heavy (non-hydrogen) atoms. The second-order valence-corrected chi connectivity index (χ2v) is 4.66. The first-order valence-corrected chi connectivity index (χ1v) is 6.03. The van der Waals surface area contributed by atoms with Crippen LogP contribution >= 0.6 is 0 Å². The molecule has 84 valence electrons. The standard InChI is InChI=1S/C12H21N3/c1-9(2)15-12-6-4-3-5-10(12)11(14-15)7-8-13/h9H,3-8,13H2,1-2H3. The van der Waals surface area contributed by atoms with Gasteiger partial charge >= 0.3 is 0 Å². The maximum Gasteiger partial charge on any atom is 0.0672 e. The van der Waals surface area contributed by atoms with Gasteiger partial charge in [-0.05, 0) is 51.6 Å². The Bertz CT molecular complexity index is 339. The van der Waals surface area contributed by atoms with Crippen molar-refractivity contribution in [2.75, 3.05) is 6.54 Å². The predicted molar refractivity (Wildman–Crippen MR) is 62.0 cm³/mol. The summed E-state index contributed by atoms with van der Waals surface area (Å²) >= 11 is 0. The van der Waals surface area contributed by atoms with Gasteiger partial charge in [-0.1, -0.05) is 0 Å². The number of rotatable bonds is 3. The van der Waals surface area contributed by atoms with Gasteiger partial charge in [0.2, 0.25) is 0 Å². The second-order valence-electron chi connectivity index (χ2n) is 4.66. The van der Waals surface area contributed by atoms with Gasteiger partial charge in [0, 0.05) is 18.2 Å². The van der Waals surface area contributed by atoms with Gasteiger partial charge in [-0.3, -0.25) is 4.68 Å². The molecule has 0 radical (unpaired) electrons. The molecular weight excluding hydrogens is 186 g/mol. The minimum atomic E-state index is 0.475. The Morgan fingerprint density at radius 1 is 1.33 bits per heavy atom. The average Bonchev–Trinajstić information content (AvgIpc) is 2.59. The highest BCUT2D eigenvalue weighted by Crippen LogP contribution is 2.26. The molecule has 0 aliphatic heterocycles. The van der Waals surface area contributed by atoms with Gasteiger partial charge in [0.1, 0.15) is 0 Å². The Balaban J connectivity index is 2.40. The molecule has 1 aromatic heterocycles. The first-order valence-electron chi connectivity index (χ1n) is 6.03. The zero-order valence-electron chi connectivity index (χ0n) is 9.79. The Labute approximate surface area is 91.7 Å². The van der Waals surface area contributed by atoms with E-state index >= 15 is 0 Å². The van der Waals surface area contributed by atoms with Crippen LogP contribution in [0.1, 0.15) is 49.7 Å². The summed E-state index contributed by atoms with van der Waals surface area (Å²) in [7, 11) is 0. The van der Waals surface area contributed by atoms with Crippen LogP contribution in [0.2, 0.25) is 0 Å². The van der Waals surface area contributed by atoms with Crippen LogP contribution in [0.3, 0.4) is 0 Å². The SMILES string of the molecule is CC(C)n1nc(CCN)c2c1CCCC2. The number of hydrogen-bond acceptors (Lipinski definition) is 2. The monoisotopic (exact) mass is 207 g/mol. The molecule has 0 atom stereocenters. The fourth-order valence-corrected chi connectivity index (χ4v) is 2.47. The summed E-state index contributed by atoms with van der Waals surface area (Å²) in [6, 6.07) is 0.475. The van der Waals surface area contributed by atoms with Gasteiger partial charge < -0.3 is 5.73 Å². The molecule has 3 heteroatoms. The Hall–Kier alpha value is -0.830. The first-order chi connectivity index (χ1) is 7.24. The van der Waals surface area contributed by atoms with E-state index in [1.54, 1.807) is 0 Å². The van der Waals surface area contributed by atoms with E-state index in [1.807, 2.05) is 0 Å². The molecule has 2 N–H and O–H groups in total. The fraction of sp³-hybridized carbons (Fsp3) is 0.750. The summed E-state index contributed by atoms with van der Waals surface area (Å²) < 4.78 is 2.21. The number of nitrogens with zero attached hydrogens (tertiary/aromatic N) is 2. The molecule has 0 saturated carbocycles. The number of fused-ring (bicyclic) bond motifs is 1. The molecule has 2 rings (SSSR count). The minimum Gasteiger partial charge on any atom is -0.330 e. The molecule has 0 spiro atoms. The maximum atomic E-state index is 5.63. The van der Waals surface area contributed by atoms with Crippen molar-refractivity contribution < 1.29 is 0 Å².